The van der Waals surface area contributed by atoms with Crippen molar-refractivity contribution in [2.75, 3.05) is 0 Å². The summed E-state index contributed by atoms with van der Waals surface area (Å²) < 4.78 is 24.5. The molecule has 0 radical (unpaired) electrons. The highest BCUT2D eigenvalue weighted by atomic mass is 35.5. The lowest BCUT2D eigenvalue weighted by atomic mass is 10.1. The molecule has 2 amide bonds. The molecule has 0 saturated heterocycles. The van der Waals surface area contributed by atoms with Gasteiger partial charge in [-0.05, 0) is 39.0 Å². The Morgan fingerprint density at radius 3 is 2.44 bits per heavy atom. The van der Waals surface area contributed by atoms with Gasteiger partial charge in [-0.3, -0.25) is 20.4 Å². The maximum Gasteiger partial charge on any atom is 0.275 e. The monoisotopic (exact) mass is 391 g/mol. The van der Waals surface area contributed by atoms with Crippen LogP contribution in [0.25, 0.3) is 11.3 Å². The summed E-state index contributed by atoms with van der Waals surface area (Å²) >= 11 is 6.04. The van der Waals surface area contributed by atoms with E-state index in [1.54, 1.807) is 19.9 Å². The molecule has 140 valence electrons. The molecule has 0 unspecified atom stereocenters. The van der Waals surface area contributed by atoms with Crippen molar-refractivity contribution in [2.24, 2.45) is 0 Å². The maximum atomic E-state index is 14.2. The molecule has 2 aromatic heterocycles. The summed E-state index contributed by atoms with van der Waals surface area (Å²) in [5, 5.41) is 3.82. The predicted octanol–water partition coefficient (Wildman–Crippen LogP) is 3.73. The fraction of sp³-hybridized carbons (Fsp3) is 0.167. The number of nitrogens with zero attached hydrogens (tertiary/aromatic N) is 1. The van der Waals surface area contributed by atoms with Crippen LogP contribution in [-0.2, 0) is 0 Å². The molecule has 0 aliphatic heterocycles. The number of hydrazine groups is 1. The first-order valence-electron chi connectivity index (χ1n) is 7.88. The number of halogens is 2. The first-order chi connectivity index (χ1) is 12.8. The number of hydrogen-bond donors (Lipinski definition) is 2. The molecule has 3 aromatic rings. The SMILES string of the molecule is Cc1cc(C(=O)NNC(=O)c2c(-c3c(F)cccc3Cl)noc2C)c(C)o1. The first-order valence-corrected chi connectivity index (χ1v) is 8.25. The molecule has 27 heavy (non-hydrogen) atoms. The van der Waals surface area contributed by atoms with Crippen LogP contribution in [-0.4, -0.2) is 17.0 Å². The third kappa shape index (κ3) is 3.56. The number of carbonyl (C=O) groups excluding carboxylic acids is 2. The quantitative estimate of drug-likeness (QED) is 0.663. The molecular formula is C18H15ClFN3O4. The number of aryl methyl sites for hydroxylation is 3. The molecule has 2 heterocycles. The number of amides is 2. The summed E-state index contributed by atoms with van der Waals surface area (Å²) in [5.74, 6) is -0.814. The van der Waals surface area contributed by atoms with E-state index < -0.39 is 17.6 Å². The van der Waals surface area contributed by atoms with E-state index in [0.29, 0.717) is 11.5 Å². The molecule has 0 bridgehead atoms. The Bertz CT molecular complexity index is 1020. The number of hydrogen-bond acceptors (Lipinski definition) is 5. The lowest BCUT2D eigenvalue weighted by molar-refractivity contribution is 0.0845. The summed E-state index contributed by atoms with van der Waals surface area (Å²) in [4.78, 5) is 24.7. The van der Waals surface area contributed by atoms with E-state index in [0.717, 1.165) is 0 Å². The topological polar surface area (TPSA) is 97.4 Å². The Balaban J connectivity index is 1.85. The molecule has 0 saturated carbocycles. The van der Waals surface area contributed by atoms with E-state index in [-0.39, 0.29) is 33.2 Å². The third-order valence-electron chi connectivity index (χ3n) is 3.86. The standard InChI is InChI=1S/C18H15ClFN3O4/c1-8-7-11(9(2)26-8)17(24)21-22-18(25)14-10(3)27-23-16(14)15-12(19)5-4-6-13(15)20/h4-7H,1-3H3,(H,21,24)(H,22,25). The minimum Gasteiger partial charge on any atom is -0.466 e. The Morgan fingerprint density at radius 2 is 1.81 bits per heavy atom. The fourth-order valence-corrected chi connectivity index (χ4v) is 2.89. The van der Waals surface area contributed by atoms with Crippen LogP contribution in [0.1, 0.15) is 38.0 Å². The average Bonchev–Trinajstić information content (AvgIpc) is 3.14. The first kappa shape index (κ1) is 18.7. The second-order valence-corrected chi connectivity index (χ2v) is 6.20. The highest BCUT2D eigenvalue weighted by Gasteiger charge is 2.26. The van der Waals surface area contributed by atoms with Gasteiger partial charge in [-0.2, -0.15) is 0 Å². The Morgan fingerprint density at radius 1 is 1.11 bits per heavy atom. The largest absolute Gasteiger partial charge is 0.466 e. The molecule has 9 heteroatoms. The molecule has 0 fully saturated rings. The van der Waals surface area contributed by atoms with Crippen LogP contribution in [0, 0.1) is 26.6 Å². The van der Waals surface area contributed by atoms with Gasteiger partial charge in [0.15, 0.2) is 0 Å². The predicted molar refractivity (Wildman–Crippen MR) is 94.8 cm³/mol. The lowest BCUT2D eigenvalue weighted by Gasteiger charge is -2.08. The van der Waals surface area contributed by atoms with Crippen molar-refractivity contribution in [3.05, 3.63) is 63.5 Å². The van der Waals surface area contributed by atoms with E-state index in [1.807, 2.05) is 0 Å². The van der Waals surface area contributed by atoms with Gasteiger partial charge in [-0.1, -0.05) is 22.8 Å². The van der Waals surface area contributed by atoms with Crippen molar-refractivity contribution >= 4 is 23.4 Å². The number of nitrogens with one attached hydrogen (secondary N) is 2. The second kappa shape index (κ2) is 7.24. The van der Waals surface area contributed by atoms with Gasteiger partial charge in [0.25, 0.3) is 11.8 Å². The smallest absolute Gasteiger partial charge is 0.275 e. The molecule has 0 spiro atoms. The summed E-state index contributed by atoms with van der Waals surface area (Å²) in [7, 11) is 0. The summed E-state index contributed by atoms with van der Waals surface area (Å²) in [6.45, 7) is 4.82. The zero-order valence-electron chi connectivity index (χ0n) is 14.6. The zero-order chi connectivity index (χ0) is 19.7. The summed E-state index contributed by atoms with van der Waals surface area (Å²) in [6.07, 6.45) is 0. The molecule has 2 N–H and O–H groups in total. The molecule has 1 aromatic carbocycles. The van der Waals surface area contributed by atoms with Gasteiger partial charge in [0.05, 0.1) is 16.1 Å². The van der Waals surface area contributed by atoms with Gasteiger partial charge in [0.1, 0.15) is 34.4 Å². The van der Waals surface area contributed by atoms with Crippen molar-refractivity contribution in [1.29, 1.82) is 0 Å². The molecule has 0 atom stereocenters. The molecule has 0 aliphatic carbocycles. The van der Waals surface area contributed by atoms with Gasteiger partial charge in [-0.25, -0.2) is 4.39 Å². The molecular weight excluding hydrogens is 377 g/mol. The number of rotatable bonds is 3. The van der Waals surface area contributed by atoms with E-state index in [2.05, 4.69) is 16.0 Å². The minimum atomic E-state index is -0.728. The zero-order valence-corrected chi connectivity index (χ0v) is 15.4. The number of carbonyl (C=O) groups is 2. The van der Waals surface area contributed by atoms with Crippen molar-refractivity contribution in [2.45, 2.75) is 20.8 Å². The Kier molecular flexibility index (Phi) is 5.00. The minimum absolute atomic E-state index is 0.0394. The summed E-state index contributed by atoms with van der Waals surface area (Å²) in [6, 6.07) is 5.64. The van der Waals surface area contributed by atoms with Crippen LogP contribution in [0.2, 0.25) is 5.02 Å². The van der Waals surface area contributed by atoms with E-state index in [1.165, 1.54) is 25.1 Å². The maximum absolute atomic E-state index is 14.2. The molecule has 0 aliphatic rings. The highest BCUT2D eigenvalue weighted by Crippen LogP contribution is 2.33. The number of aromatic nitrogens is 1. The average molecular weight is 392 g/mol. The van der Waals surface area contributed by atoms with Crippen molar-refractivity contribution < 1.29 is 22.9 Å². The van der Waals surface area contributed by atoms with Crippen LogP contribution >= 0.6 is 11.6 Å². The second-order valence-electron chi connectivity index (χ2n) is 5.79. The van der Waals surface area contributed by atoms with Gasteiger partial charge in [-0.15, -0.1) is 0 Å². The van der Waals surface area contributed by atoms with Crippen LogP contribution in [0.3, 0.4) is 0 Å². The van der Waals surface area contributed by atoms with Crippen molar-refractivity contribution in [3.63, 3.8) is 0 Å². The number of furan rings is 1. The number of benzene rings is 1. The molecule has 7 nitrogen and oxygen atoms in total. The van der Waals surface area contributed by atoms with E-state index in [4.69, 9.17) is 20.5 Å². The van der Waals surface area contributed by atoms with Crippen LogP contribution in [0.15, 0.2) is 33.2 Å². The normalized spacial score (nSPS) is 10.7. The van der Waals surface area contributed by atoms with Crippen LogP contribution in [0.4, 0.5) is 4.39 Å². The van der Waals surface area contributed by atoms with Crippen LogP contribution < -0.4 is 10.9 Å². The molecule has 3 rings (SSSR count). The van der Waals surface area contributed by atoms with Crippen LogP contribution in [0.5, 0.6) is 0 Å². The van der Waals surface area contributed by atoms with Gasteiger partial charge >= 0.3 is 0 Å². The van der Waals surface area contributed by atoms with Crippen molar-refractivity contribution in [3.8, 4) is 11.3 Å². The lowest BCUT2D eigenvalue weighted by Crippen LogP contribution is -2.42. The van der Waals surface area contributed by atoms with E-state index in [9.17, 15) is 14.0 Å². The Labute approximate surface area is 158 Å². The van der Waals surface area contributed by atoms with E-state index >= 15 is 0 Å². The highest BCUT2D eigenvalue weighted by molar-refractivity contribution is 6.33. The fourth-order valence-electron chi connectivity index (χ4n) is 2.63. The van der Waals surface area contributed by atoms with Gasteiger partial charge in [0.2, 0.25) is 0 Å². The van der Waals surface area contributed by atoms with Gasteiger partial charge < -0.3 is 8.94 Å². The van der Waals surface area contributed by atoms with Gasteiger partial charge in [0, 0.05) is 0 Å². The summed E-state index contributed by atoms with van der Waals surface area (Å²) in [5.41, 5.74) is 4.67. The Hall–Kier alpha value is -3.13. The van der Waals surface area contributed by atoms with Crippen molar-refractivity contribution in [1.82, 2.24) is 16.0 Å². The third-order valence-corrected chi connectivity index (χ3v) is 4.18.